The standard InChI is InChI=1S/C69H77B2N5O6Si/c1-45(2)65(77)25-16-17-35-75(41-50-19-10-14-23-63(50)70(79)80)44-62-55-22-13-12-21-54(55)61(43-76(36-18-34-74-69(78)46(3)4)42-51-20-11-15-24-64(51)71(81)82)56-31-28-49(38-60(56)62)48-27-26-47(5)59(37-48)68-57-32-29-52(72-6)39-66(57)83(8,9)67-40-53(73-7)30-33-58(67)68/h10-15,19-24,26-33,37-40,72,79-82H,1,3,16-18,25,34-36,41-44H2,2,4-9H3,(H,74,78). The average Bonchev–Trinajstić information content (AvgIpc) is 1.97. The Morgan fingerprint density at radius 3 is 1.82 bits per heavy atom. The van der Waals surface area contributed by atoms with Gasteiger partial charge in [0.05, 0.1) is 5.71 Å². The van der Waals surface area contributed by atoms with Crippen molar-refractivity contribution >= 4 is 88.6 Å². The summed E-state index contributed by atoms with van der Waals surface area (Å²) in [5.41, 5.74) is 15.9. The summed E-state index contributed by atoms with van der Waals surface area (Å²) in [6.45, 7) is 21.8. The first-order chi connectivity index (χ1) is 39.9. The molecule has 1 aliphatic heterocycles. The second-order valence-electron chi connectivity index (χ2n) is 22.9. The van der Waals surface area contributed by atoms with Crippen LogP contribution in [0.15, 0.2) is 186 Å². The lowest BCUT2D eigenvalue weighted by molar-refractivity contribution is -0.117. The van der Waals surface area contributed by atoms with Gasteiger partial charge in [-0.05, 0) is 193 Å². The fraction of sp³-hybridized carbons (Fsp3) is 0.261. The third-order valence-electron chi connectivity index (χ3n) is 16.7. The Bertz CT molecular complexity index is 3790. The predicted molar refractivity (Wildman–Crippen MR) is 348 cm³/mol. The molecule has 1 heterocycles. The van der Waals surface area contributed by atoms with Crippen molar-refractivity contribution in [1.29, 1.82) is 0 Å². The number of hydrogen-bond donors (Lipinski definition) is 6. The second-order valence-corrected chi connectivity index (χ2v) is 27.2. The number of benzene rings is 7. The van der Waals surface area contributed by atoms with Crippen molar-refractivity contribution in [3.05, 3.63) is 220 Å². The Hall–Kier alpha value is -7.52. The van der Waals surface area contributed by atoms with E-state index in [1.165, 1.54) is 32.7 Å². The van der Waals surface area contributed by atoms with Crippen LogP contribution < -0.4 is 26.7 Å². The predicted octanol–water partition coefficient (Wildman–Crippen LogP) is 9.61. The van der Waals surface area contributed by atoms with Gasteiger partial charge in [-0.15, -0.1) is 0 Å². The number of amides is 1. The fourth-order valence-electron chi connectivity index (χ4n) is 12.1. The molecule has 0 unspecified atom stereocenters. The maximum absolute atomic E-state index is 12.8. The van der Waals surface area contributed by atoms with E-state index in [-0.39, 0.29) is 11.7 Å². The molecule has 0 saturated heterocycles. The van der Waals surface area contributed by atoms with Crippen LogP contribution in [0, 0.1) is 6.92 Å². The van der Waals surface area contributed by atoms with Crippen LogP contribution in [0.2, 0.25) is 13.1 Å². The van der Waals surface area contributed by atoms with Crippen molar-refractivity contribution in [2.24, 2.45) is 4.99 Å². The van der Waals surface area contributed by atoms with Crippen molar-refractivity contribution in [1.82, 2.24) is 15.1 Å². The van der Waals surface area contributed by atoms with E-state index in [1.54, 1.807) is 26.0 Å². The summed E-state index contributed by atoms with van der Waals surface area (Å²) < 4.78 is 0. The maximum atomic E-state index is 12.8. The number of unbranched alkanes of at least 4 members (excludes halogenated alkanes) is 1. The highest BCUT2D eigenvalue weighted by atomic mass is 28.3. The highest BCUT2D eigenvalue weighted by Crippen LogP contribution is 2.44. The molecule has 9 rings (SSSR count). The molecule has 1 amide bonds. The topological polar surface area (TPSA) is 158 Å². The lowest BCUT2D eigenvalue weighted by Gasteiger charge is -2.38. The highest BCUT2D eigenvalue weighted by Gasteiger charge is 2.40. The number of allylic oxidation sites excluding steroid dienone is 6. The first-order valence-electron chi connectivity index (χ1n) is 28.8. The van der Waals surface area contributed by atoms with E-state index < -0.39 is 22.3 Å². The van der Waals surface area contributed by atoms with E-state index in [0.717, 1.165) is 78.3 Å². The summed E-state index contributed by atoms with van der Waals surface area (Å²) in [6, 6.07) is 43.9. The van der Waals surface area contributed by atoms with E-state index in [0.29, 0.717) is 87.1 Å². The van der Waals surface area contributed by atoms with Crippen LogP contribution >= 0.6 is 0 Å². The molecule has 7 aromatic carbocycles. The number of aliphatic imine (C=N–C) groups is 1. The molecule has 1 aliphatic carbocycles. The lowest BCUT2D eigenvalue weighted by Crippen LogP contribution is -2.49. The Labute approximate surface area is 491 Å². The molecule has 14 heteroatoms. The largest absolute Gasteiger partial charge is 0.488 e. The van der Waals surface area contributed by atoms with Crippen molar-refractivity contribution in [3.8, 4) is 11.1 Å². The molecule has 0 spiro atoms. The van der Waals surface area contributed by atoms with Gasteiger partial charge < -0.3 is 30.7 Å². The minimum Gasteiger partial charge on any atom is -0.423 e. The Morgan fingerprint density at radius 1 is 0.639 bits per heavy atom. The number of fused-ring (bicyclic) bond motifs is 4. The van der Waals surface area contributed by atoms with Gasteiger partial charge in [-0.3, -0.25) is 24.4 Å². The zero-order valence-electron chi connectivity index (χ0n) is 49.2. The van der Waals surface area contributed by atoms with Crippen molar-refractivity contribution in [2.75, 3.05) is 39.0 Å². The summed E-state index contributed by atoms with van der Waals surface area (Å²) in [6.07, 6.45) is 9.15. The summed E-state index contributed by atoms with van der Waals surface area (Å²) in [5.74, 6) is -0.140. The number of aryl methyl sites for hydroxylation is 1. The SMILES string of the molecule is C=C(C)C(=O)CCCCN(Cc1ccccc1B(O)O)Cc1c2ccccc2c(CN(CCCNC(=O)C(=C)C)Cc2ccccc2B(O)O)c2ccc(-c3ccc(C)c(C4=C5C=CC(=NC)C=C5[Si](C)(C)c5cc(NC)ccc54)c3)cc12. The van der Waals surface area contributed by atoms with E-state index in [4.69, 9.17) is 0 Å². The number of nitrogens with one attached hydrogen (secondary N) is 2. The van der Waals surface area contributed by atoms with Crippen LogP contribution in [0.25, 0.3) is 38.2 Å². The second kappa shape index (κ2) is 26.4. The summed E-state index contributed by atoms with van der Waals surface area (Å²) in [5, 5.41) is 55.8. The Kier molecular flexibility index (Phi) is 19.1. The molecule has 6 N–H and O–H groups in total. The van der Waals surface area contributed by atoms with Gasteiger partial charge in [0.15, 0.2) is 5.78 Å². The summed E-state index contributed by atoms with van der Waals surface area (Å²) >= 11 is 0. The van der Waals surface area contributed by atoms with Crippen molar-refractivity contribution < 1.29 is 29.7 Å². The lowest BCUT2D eigenvalue weighted by atomic mass is 9.77. The molecule has 0 saturated carbocycles. The van der Waals surface area contributed by atoms with Gasteiger partial charge in [0.1, 0.15) is 8.07 Å². The maximum Gasteiger partial charge on any atom is 0.488 e. The van der Waals surface area contributed by atoms with Crippen LogP contribution in [-0.2, 0) is 35.8 Å². The quantitative estimate of drug-likeness (QED) is 0.0150. The molecule has 0 radical (unpaired) electrons. The third kappa shape index (κ3) is 13.3. The van der Waals surface area contributed by atoms with Gasteiger partial charge in [-0.25, -0.2) is 0 Å². The van der Waals surface area contributed by atoms with Gasteiger partial charge in [-0.1, -0.05) is 135 Å². The first kappa shape index (κ1) is 60.1. The van der Waals surface area contributed by atoms with Crippen molar-refractivity contribution in [2.45, 2.75) is 85.7 Å². The van der Waals surface area contributed by atoms with Crippen LogP contribution in [0.3, 0.4) is 0 Å². The molecule has 0 bridgehead atoms. The molecule has 0 fully saturated rings. The molecule has 424 valence electrons. The number of hydrogen-bond acceptors (Lipinski definition) is 10. The minimum atomic E-state index is -2.20. The van der Waals surface area contributed by atoms with Crippen LogP contribution in [0.4, 0.5) is 5.69 Å². The summed E-state index contributed by atoms with van der Waals surface area (Å²) in [7, 11) is -1.68. The van der Waals surface area contributed by atoms with E-state index in [2.05, 4.69) is 156 Å². The fourth-order valence-corrected chi connectivity index (χ4v) is 15.2. The number of anilines is 1. The molecule has 7 aromatic rings. The van der Waals surface area contributed by atoms with Gasteiger partial charge in [0, 0.05) is 71.0 Å². The van der Waals surface area contributed by atoms with E-state index in [9.17, 15) is 29.7 Å². The molecular weight excluding hydrogens is 1040 g/mol. The van der Waals surface area contributed by atoms with Crippen LogP contribution in [-0.4, -0.2) is 103 Å². The monoisotopic (exact) mass is 1120 g/mol. The van der Waals surface area contributed by atoms with Gasteiger partial charge in [0.25, 0.3) is 0 Å². The summed E-state index contributed by atoms with van der Waals surface area (Å²) in [4.78, 5) is 34.8. The van der Waals surface area contributed by atoms with Crippen molar-refractivity contribution in [3.63, 3.8) is 0 Å². The number of carbonyl (C=O) groups is 2. The Balaban J connectivity index is 1.24. The highest BCUT2D eigenvalue weighted by molar-refractivity contribution is 6.98. The molecular formula is C69H77B2N5O6Si. The third-order valence-corrected chi connectivity index (χ3v) is 20.2. The zero-order chi connectivity index (χ0) is 59.1. The minimum absolute atomic E-state index is 0.0526. The Morgan fingerprint density at radius 2 is 1.22 bits per heavy atom. The number of carbonyl (C=O) groups excluding carboxylic acids is 2. The van der Waals surface area contributed by atoms with Crippen LogP contribution in [0.5, 0.6) is 0 Å². The van der Waals surface area contributed by atoms with Gasteiger partial charge >= 0.3 is 14.2 Å². The van der Waals surface area contributed by atoms with E-state index in [1.807, 2.05) is 50.5 Å². The number of ketones is 1. The molecule has 0 atom stereocenters. The first-order valence-corrected chi connectivity index (χ1v) is 31.8. The normalized spacial score (nSPS) is 14.0. The average molecular weight is 1120 g/mol. The molecule has 0 aromatic heterocycles. The smallest absolute Gasteiger partial charge is 0.423 e. The molecule has 11 nitrogen and oxygen atoms in total. The van der Waals surface area contributed by atoms with Gasteiger partial charge in [0.2, 0.25) is 5.91 Å². The number of rotatable bonds is 24. The molecule has 83 heavy (non-hydrogen) atoms. The van der Waals surface area contributed by atoms with Crippen LogP contribution in [0.1, 0.15) is 78.5 Å². The number of Topliss-reactive ketones (excluding diaryl/α,β-unsaturated/α-hetero) is 1. The zero-order valence-corrected chi connectivity index (χ0v) is 50.2. The molecule has 2 aliphatic rings. The number of nitrogens with zero attached hydrogens (tertiary/aromatic N) is 3. The van der Waals surface area contributed by atoms with Gasteiger partial charge in [-0.2, -0.15) is 0 Å². The van der Waals surface area contributed by atoms with E-state index >= 15 is 0 Å².